The third-order valence-corrected chi connectivity index (χ3v) is 2.60. The zero-order valence-corrected chi connectivity index (χ0v) is 9.60. The number of hydrogen-bond donors (Lipinski definition) is 1. The molecule has 0 saturated carbocycles. The van der Waals surface area contributed by atoms with Crippen LogP contribution in [0.5, 0.6) is 0 Å². The van der Waals surface area contributed by atoms with E-state index in [0.717, 1.165) is 0 Å². The van der Waals surface area contributed by atoms with E-state index < -0.39 is 18.6 Å². The highest BCUT2D eigenvalue weighted by Gasteiger charge is 2.28. The molecule has 0 heterocycles. The number of carboxylic acids is 1. The Kier molecular flexibility index (Phi) is 3.96. The van der Waals surface area contributed by atoms with Crippen LogP contribution in [-0.2, 0) is 17.6 Å². The van der Waals surface area contributed by atoms with E-state index in [9.17, 15) is 18.0 Å². The Bertz CT molecular complexity index is 402. The molecular formula is C10H8BrF3O2. The van der Waals surface area contributed by atoms with Crippen molar-refractivity contribution in [1.29, 1.82) is 0 Å². The lowest BCUT2D eigenvalue weighted by molar-refractivity contribution is -0.136. The molecule has 1 aromatic carbocycles. The molecule has 0 aliphatic heterocycles. The molecule has 0 radical (unpaired) electrons. The van der Waals surface area contributed by atoms with Gasteiger partial charge in [0.15, 0.2) is 0 Å². The first-order valence-electron chi connectivity index (χ1n) is 4.34. The molecule has 6 heteroatoms. The lowest BCUT2D eigenvalue weighted by atomic mass is 10.1. The fraction of sp³-hybridized carbons (Fsp3) is 0.300. The molecule has 0 aromatic heterocycles. The van der Waals surface area contributed by atoms with Gasteiger partial charge < -0.3 is 5.11 Å². The third kappa shape index (κ3) is 4.22. The Morgan fingerprint density at radius 3 is 2.44 bits per heavy atom. The highest BCUT2D eigenvalue weighted by Crippen LogP contribution is 2.27. The summed E-state index contributed by atoms with van der Waals surface area (Å²) < 4.78 is 36.6. The van der Waals surface area contributed by atoms with Crippen LogP contribution >= 0.6 is 15.9 Å². The summed E-state index contributed by atoms with van der Waals surface area (Å²) in [6.07, 6.45) is -5.50. The van der Waals surface area contributed by atoms with Gasteiger partial charge in [-0.2, -0.15) is 13.2 Å². The van der Waals surface area contributed by atoms with Gasteiger partial charge in [0.25, 0.3) is 0 Å². The molecular weight excluding hydrogens is 289 g/mol. The molecule has 0 fully saturated rings. The zero-order valence-electron chi connectivity index (χ0n) is 8.01. The second-order valence-electron chi connectivity index (χ2n) is 3.29. The number of alkyl halides is 3. The van der Waals surface area contributed by atoms with Crippen molar-refractivity contribution in [3.05, 3.63) is 33.8 Å². The van der Waals surface area contributed by atoms with Crippen molar-refractivity contribution >= 4 is 21.9 Å². The average Bonchev–Trinajstić information content (AvgIpc) is 2.06. The van der Waals surface area contributed by atoms with Crippen LogP contribution in [0.3, 0.4) is 0 Å². The van der Waals surface area contributed by atoms with Crippen LogP contribution in [0.25, 0.3) is 0 Å². The van der Waals surface area contributed by atoms with Crippen molar-refractivity contribution in [2.24, 2.45) is 0 Å². The largest absolute Gasteiger partial charge is 0.481 e. The van der Waals surface area contributed by atoms with Gasteiger partial charge in [-0.25, -0.2) is 0 Å². The van der Waals surface area contributed by atoms with Crippen LogP contribution in [-0.4, -0.2) is 17.3 Å². The quantitative estimate of drug-likeness (QED) is 0.930. The molecule has 1 aromatic rings. The Balaban J connectivity index is 2.87. The Morgan fingerprint density at radius 1 is 1.38 bits per heavy atom. The monoisotopic (exact) mass is 296 g/mol. The minimum Gasteiger partial charge on any atom is -0.481 e. The van der Waals surface area contributed by atoms with Crippen LogP contribution in [0.1, 0.15) is 11.1 Å². The van der Waals surface area contributed by atoms with Gasteiger partial charge >= 0.3 is 12.1 Å². The van der Waals surface area contributed by atoms with E-state index >= 15 is 0 Å². The molecule has 16 heavy (non-hydrogen) atoms. The lowest BCUT2D eigenvalue weighted by Crippen LogP contribution is -2.12. The maximum Gasteiger partial charge on any atom is 0.393 e. The summed E-state index contributed by atoms with van der Waals surface area (Å²) in [6, 6.07) is 4.07. The predicted octanol–water partition coefficient (Wildman–Crippen LogP) is 3.18. The van der Waals surface area contributed by atoms with Gasteiger partial charge in [-0.3, -0.25) is 4.79 Å². The average molecular weight is 297 g/mol. The van der Waals surface area contributed by atoms with E-state index in [1.54, 1.807) is 0 Å². The minimum atomic E-state index is -4.27. The van der Waals surface area contributed by atoms with Crippen LogP contribution in [0, 0.1) is 0 Å². The second kappa shape index (κ2) is 4.86. The number of benzene rings is 1. The molecule has 0 unspecified atom stereocenters. The van der Waals surface area contributed by atoms with Crippen LogP contribution in [0.2, 0.25) is 0 Å². The lowest BCUT2D eigenvalue weighted by Gasteiger charge is -2.09. The van der Waals surface area contributed by atoms with E-state index in [0.29, 0.717) is 5.56 Å². The SMILES string of the molecule is O=C(O)Cc1ccc(CC(F)(F)F)c(Br)c1. The molecule has 0 spiro atoms. The summed E-state index contributed by atoms with van der Waals surface area (Å²) in [5.74, 6) is -1.02. The minimum absolute atomic E-state index is 0.0987. The summed E-state index contributed by atoms with van der Waals surface area (Å²) in [6.45, 7) is 0. The van der Waals surface area contributed by atoms with E-state index in [4.69, 9.17) is 5.11 Å². The maximum atomic E-state index is 12.1. The number of carboxylic acid groups (broad SMARTS) is 1. The molecule has 1 N–H and O–H groups in total. The molecule has 0 aliphatic rings. The van der Waals surface area contributed by atoms with Crippen molar-refractivity contribution in [3.63, 3.8) is 0 Å². The van der Waals surface area contributed by atoms with Crippen LogP contribution < -0.4 is 0 Å². The number of aliphatic carboxylic acids is 1. The first-order valence-corrected chi connectivity index (χ1v) is 5.13. The predicted molar refractivity (Wildman–Crippen MR) is 55.2 cm³/mol. The summed E-state index contributed by atoms with van der Waals surface area (Å²) in [4.78, 5) is 10.4. The maximum absolute atomic E-state index is 12.1. The van der Waals surface area contributed by atoms with E-state index in [1.807, 2.05) is 0 Å². The van der Waals surface area contributed by atoms with Crippen molar-refractivity contribution in [1.82, 2.24) is 0 Å². The van der Waals surface area contributed by atoms with Crippen molar-refractivity contribution < 1.29 is 23.1 Å². The molecule has 88 valence electrons. The first-order chi connectivity index (χ1) is 7.28. The zero-order chi connectivity index (χ0) is 12.3. The molecule has 2 nitrogen and oxygen atoms in total. The number of carbonyl (C=O) groups is 1. The molecule has 0 aliphatic carbocycles. The number of hydrogen-bond acceptors (Lipinski definition) is 1. The van der Waals surface area contributed by atoms with E-state index in [-0.39, 0.29) is 16.5 Å². The number of halogens is 4. The first kappa shape index (κ1) is 13.0. The summed E-state index contributed by atoms with van der Waals surface area (Å²) in [5.41, 5.74) is 0.562. The summed E-state index contributed by atoms with van der Waals surface area (Å²) in [7, 11) is 0. The second-order valence-corrected chi connectivity index (χ2v) is 4.14. The standard InChI is InChI=1S/C10H8BrF3O2/c11-8-3-6(4-9(15)16)1-2-7(8)5-10(12,13)14/h1-3H,4-5H2,(H,15,16). The van der Waals surface area contributed by atoms with Gasteiger partial charge in [-0.15, -0.1) is 0 Å². The molecule has 0 bridgehead atoms. The fourth-order valence-corrected chi connectivity index (χ4v) is 1.80. The Labute approximate surface area is 98.2 Å². The van der Waals surface area contributed by atoms with Gasteiger partial charge in [-0.1, -0.05) is 28.1 Å². The third-order valence-electron chi connectivity index (χ3n) is 1.86. The Morgan fingerprint density at radius 2 is 2.00 bits per heavy atom. The van der Waals surface area contributed by atoms with E-state index in [1.165, 1.54) is 18.2 Å². The molecule has 0 amide bonds. The van der Waals surface area contributed by atoms with Gasteiger partial charge in [0, 0.05) is 4.47 Å². The van der Waals surface area contributed by atoms with Crippen LogP contribution in [0.4, 0.5) is 13.2 Å². The van der Waals surface area contributed by atoms with Crippen molar-refractivity contribution in [3.8, 4) is 0 Å². The molecule has 0 atom stereocenters. The van der Waals surface area contributed by atoms with Crippen LogP contribution in [0.15, 0.2) is 22.7 Å². The van der Waals surface area contributed by atoms with Gasteiger partial charge in [-0.05, 0) is 17.2 Å². The fourth-order valence-electron chi connectivity index (χ4n) is 1.23. The normalized spacial score (nSPS) is 11.5. The molecule has 0 saturated heterocycles. The summed E-state index contributed by atoms with van der Waals surface area (Å²) in [5, 5.41) is 8.52. The van der Waals surface area contributed by atoms with Gasteiger partial charge in [0.1, 0.15) is 0 Å². The van der Waals surface area contributed by atoms with Gasteiger partial charge in [0.2, 0.25) is 0 Å². The highest BCUT2D eigenvalue weighted by molar-refractivity contribution is 9.10. The van der Waals surface area contributed by atoms with Crippen molar-refractivity contribution in [2.45, 2.75) is 19.0 Å². The number of rotatable bonds is 3. The van der Waals surface area contributed by atoms with E-state index in [2.05, 4.69) is 15.9 Å². The smallest absolute Gasteiger partial charge is 0.393 e. The topological polar surface area (TPSA) is 37.3 Å². The van der Waals surface area contributed by atoms with Crippen molar-refractivity contribution in [2.75, 3.05) is 0 Å². The van der Waals surface area contributed by atoms with Gasteiger partial charge in [0.05, 0.1) is 12.8 Å². The highest BCUT2D eigenvalue weighted by atomic mass is 79.9. The summed E-state index contributed by atoms with van der Waals surface area (Å²) >= 11 is 3.00. The molecule has 1 rings (SSSR count). The Hall–Kier alpha value is -1.04.